The highest BCUT2D eigenvalue weighted by Gasteiger charge is 2.16. The van der Waals surface area contributed by atoms with E-state index in [9.17, 15) is 0 Å². The number of nitrogens with zero attached hydrogens (tertiary/aromatic N) is 4. The average Bonchev–Trinajstić information content (AvgIpc) is 3.51. The van der Waals surface area contributed by atoms with Gasteiger partial charge in [-0.2, -0.15) is 0 Å². The maximum Gasteiger partial charge on any atom is 0.164 e. The Balaban J connectivity index is 1.28. The molecular weight excluding hydrogens is 552 g/mol. The van der Waals surface area contributed by atoms with Crippen molar-refractivity contribution in [2.45, 2.75) is 0 Å². The Morgan fingerprint density at radius 2 is 1.09 bits per heavy atom. The molecule has 0 amide bonds. The minimum Gasteiger partial charge on any atom is -0.454 e. The van der Waals surface area contributed by atoms with Crippen molar-refractivity contribution < 1.29 is 4.42 Å². The zero-order chi connectivity index (χ0) is 29.7. The van der Waals surface area contributed by atoms with Crippen molar-refractivity contribution in [2.75, 3.05) is 0 Å². The summed E-state index contributed by atoms with van der Waals surface area (Å²) in [6.07, 6.45) is 3.59. The molecule has 5 nitrogen and oxygen atoms in total. The SMILES string of the molecule is c1ccc(-c2nc(-c3ccccc3)nc(-c3cc(-c4ccc5ccc6c7ccncc7oc6c5c4)c4ccccc4c3)n2)cc1. The zero-order valence-corrected chi connectivity index (χ0v) is 24.1. The lowest BCUT2D eigenvalue weighted by Crippen LogP contribution is -2.00. The molecule has 0 N–H and O–H groups in total. The monoisotopic (exact) mass is 576 g/mol. The summed E-state index contributed by atoms with van der Waals surface area (Å²) in [4.78, 5) is 19.2. The summed E-state index contributed by atoms with van der Waals surface area (Å²) in [6, 6.07) is 45.9. The largest absolute Gasteiger partial charge is 0.454 e. The van der Waals surface area contributed by atoms with Crippen LogP contribution in [0.25, 0.3) is 88.8 Å². The van der Waals surface area contributed by atoms with Crippen LogP contribution in [0.4, 0.5) is 0 Å². The number of pyridine rings is 1. The first-order valence-electron chi connectivity index (χ1n) is 14.9. The van der Waals surface area contributed by atoms with E-state index < -0.39 is 0 Å². The molecule has 45 heavy (non-hydrogen) atoms. The number of hydrogen-bond donors (Lipinski definition) is 0. The van der Waals surface area contributed by atoms with Gasteiger partial charge in [0, 0.05) is 39.0 Å². The molecule has 3 aromatic heterocycles. The van der Waals surface area contributed by atoms with E-state index in [-0.39, 0.29) is 0 Å². The van der Waals surface area contributed by atoms with Gasteiger partial charge in [0.25, 0.3) is 0 Å². The molecule has 0 atom stereocenters. The molecule has 6 aromatic carbocycles. The van der Waals surface area contributed by atoms with Gasteiger partial charge in [-0.1, -0.05) is 103 Å². The van der Waals surface area contributed by atoms with Crippen LogP contribution in [0.3, 0.4) is 0 Å². The molecule has 5 heteroatoms. The molecular formula is C40H24N4O. The summed E-state index contributed by atoms with van der Waals surface area (Å²) >= 11 is 0. The van der Waals surface area contributed by atoms with Gasteiger partial charge in [0.05, 0.1) is 6.20 Å². The second-order valence-electron chi connectivity index (χ2n) is 11.1. The van der Waals surface area contributed by atoms with Crippen LogP contribution >= 0.6 is 0 Å². The molecule has 0 radical (unpaired) electrons. The maximum absolute atomic E-state index is 6.36. The van der Waals surface area contributed by atoms with E-state index in [2.05, 4.69) is 71.7 Å². The van der Waals surface area contributed by atoms with Crippen LogP contribution in [0.1, 0.15) is 0 Å². The third kappa shape index (κ3) is 4.33. The van der Waals surface area contributed by atoms with Crippen molar-refractivity contribution in [1.82, 2.24) is 19.9 Å². The summed E-state index contributed by atoms with van der Waals surface area (Å²) in [6.45, 7) is 0. The van der Waals surface area contributed by atoms with E-state index in [1.165, 1.54) is 0 Å². The number of benzene rings is 6. The van der Waals surface area contributed by atoms with Gasteiger partial charge in [0.2, 0.25) is 0 Å². The van der Waals surface area contributed by atoms with E-state index in [1.54, 1.807) is 6.20 Å². The molecule has 0 spiro atoms. The Morgan fingerprint density at radius 1 is 0.422 bits per heavy atom. The fraction of sp³-hybridized carbons (Fsp3) is 0. The number of rotatable bonds is 4. The lowest BCUT2D eigenvalue weighted by molar-refractivity contribution is 0.670. The third-order valence-corrected chi connectivity index (χ3v) is 8.39. The van der Waals surface area contributed by atoms with Gasteiger partial charge in [0.1, 0.15) is 5.58 Å². The molecule has 210 valence electrons. The highest BCUT2D eigenvalue weighted by molar-refractivity contribution is 6.16. The van der Waals surface area contributed by atoms with Gasteiger partial charge in [-0.15, -0.1) is 0 Å². The van der Waals surface area contributed by atoms with Gasteiger partial charge in [-0.3, -0.25) is 4.98 Å². The van der Waals surface area contributed by atoms with Crippen LogP contribution < -0.4 is 0 Å². The molecule has 0 bridgehead atoms. The minimum atomic E-state index is 0.627. The summed E-state index contributed by atoms with van der Waals surface area (Å²) in [5.41, 5.74) is 6.66. The van der Waals surface area contributed by atoms with Gasteiger partial charge in [0.15, 0.2) is 23.1 Å². The first-order chi connectivity index (χ1) is 22.3. The van der Waals surface area contributed by atoms with E-state index in [1.807, 2.05) is 72.9 Å². The quantitative estimate of drug-likeness (QED) is 0.209. The Hall–Kier alpha value is -6.20. The first-order valence-corrected chi connectivity index (χ1v) is 14.9. The van der Waals surface area contributed by atoms with Crippen molar-refractivity contribution >= 4 is 43.5 Å². The fourth-order valence-corrected chi connectivity index (χ4v) is 6.19. The smallest absolute Gasteiger partial charge is 0.164 e. The minimum absolute atomic E-state index is 0.627. The predicted molar refractivity (Wildman–Crippen MR) is 182 cm³/mol. The van der Waals surface area contributed by atoms with Crippen molar-refractivity contribution in [3.8, 4) is 45.3 Å². The Bertz CT molecular complexity index is 2480. The molecule has 0 unspecified atom stereocenters. The summed E-state index contributed by atoms with van der Waals surface area (Å²) in [7, 11) is 0. The van der Waals surface area contributed by atoms with Gasteiger partial charge in [-0.05, 0) is 57.6 Å². The predicted octanol–water partition coefficient (Wildman–Crippen LogP) is 10.1. The summed E-state index contributed by atoms with van der Waals surface area (Å²) < 4.78 is 6.36. The highest BCUT2D eigenvalue weighted by atomic mass is 16.3. The lowest BCUT2D eigenvalue weighted by atomic mass is 9.93. The van der Waals surface area contributed by atoms with Crippen LogP contribution in [0, 0.1) is 0 Å². The average molecular weight is 577 g/mol. The standard InChI is InChI=1S/C40H24N4O/c1-3-9-26(10-4-1)38-42-39(27-11-5-2-6-12-27)44-40(43-38)30-21-28-13-7-8-14-31(28)34(23-30)29-16-15-25-17-18-33-32-19-20-41-24-36(32)45-37(33)35(25)22-29/h1-24H. The number of aromatic nitrogens is 4. The van der Waals surface area contributed by atoms with Crippen LogP contribution in [0.2, 0.25) is 0 Å². The summed E-state index contributed by atoms with van der Waals surface area (Å²) in [5, 5.41) is 6.61. The molecule has 3 heterocycles. The topological polar surface area (TPSA) is 64.7 Å². The second-order valence-corrected chi connectivity index (χ2v) is 11.1. The van der Waals surface area contributed by atoms with Crippen LogP contribution in [-0.2, 0) is 0 Å². The summed E-state index contributed by atoms with van der Waals surface area (Å²) in [5.74, 6) is 1.91. The third-order valence-electron chi connectivity index (χ3n) is 8.39. The number of furan rings is 1. The molecule has 0 saturated carbocycles. The second kappa shape index (κ2) is 10.2. The van der Waals surface area contributed by atoms with E-state index in [0.717, 1.165) is 71.3 Å². The molecule has 9 aromatic rings. The van der Waals surface area contributed by atoms with Gasteiger partial charge < -0.3 is 4.42 Å². The fourth-order valence-electron chi connectivity index (χ4n) is 6.19. The zero-order valence-electron chi connectivity index (χ0n) is 24.1. The normalized spacial score (nSPS) is 11.6. The molecule has 0 aliphatic rings. The van der Waals surface area contributed by atoms with Crippen molar-refractivity contribution in [1.29, 1.82) is 0 Å². The van der Waals surface area contributed by atoms with Gasteiger partial charge in [-0.25, -0.2) is 15.0 Å². The number of hydrogen-bond acceptors (Lipinski definition) is 5. The molecule has 0 fully saturated rings. The molecule has 0 aliphatic carbocycles. The Morgan fingerprint density at radius 3 is 1.84 bits per heavy atom. The maximum atomic E-state index is 6.36. The first kappa shape index (κ1) is 25.3. The van der Waals surface area contributed by atoms with E-state index >= 15 is 0 Å². The molecule has 0 aliphatic heterocycles. The number of fused-ring (bicyclic) bond motifs is 6. The van der Waals surface area contributed by atoms with Crippen molar-refractivity contribution in [3.05, 3.63) is 146 Å². The van der Waals surface area contributed by atoms with Crippen molar-refractivity contribution in [3.63, 3.8) is 0 Å². The van der Waals surface area contributed by atoms with Crippen LogP contribution in [-0.4, -0.2) is 19.9 Å². The Labute approximate surface area is 258 Å². The Kier molecular flexibility index (Phi) is 5.74. The lowest BCUT2D eigenvalue weighted by Gasteiger charge is -2.13. The highest BCUT2D eigenvalue weighted by Crippen LogP contribution is 2.39. The van der Waals surface area contributed by atoms with E-state index in [4.69, 9.17) is 19.4 Å². The molecule has 0 saturated heterocycles. The van der Waals surface area contributed by atoms with Crippen molar-refractivity contribution in [2.24, 2.45) is 0 Å². The van der Waals surface area contributed by atoms with Crippen LogP contribution in [0.5, 0.6) is 0 Å². The van der Waals surface area contributed by atoms with Gasteiger partial charge >= 0.3 is 0 Å². The van der Waals surface area contributed by atoms with Crippen LogP contribution in [0.15, 0.2) is 150 Å². The molecule has 9 rings (SSSR count). The van der Waals surface area contributed by atoms with E-state index in [0.29, 0.717) is 17.5 Å².